The minimum Gasteiger partial charge on any atom is -0.371 e. The molecular weight excluding hydrogens is 413 g/mol. The molecule has 6 rings (SSSR count). The summed E-state index contributed by atoms with van der Waals surface area (Å²) in [4.78, 5) is 27.1. The number of carbonyl (C=O) groups is 1. The number of pyridine rings is 1. The van der Waals surface area contributed by atoms with Crippen molar-refractivity contribution in [1.29, 1.82) is 0 Å². The zero-order chi connectivity index (χ0) is 22.6. The Morgan fingerprint density at radius 1 is 1.28 bits per heavy atom. The summed E-state index contributed by atoms with van der Waals surface area (Å²) in [7, 11) is 0. The number of nitrogens with zero attached hydrogens (tertiary/aromatic N) is 6. The van der Waals surface area contributed by atoms with Crippen LogP contribution in [0, 0.1) is 0 Å². The van der Waals surface area contributed by atoms with Gasteiger partial charge in [0.15, 0.2) is 23.1 Å². The van der Waals surface area contributed by atoms with Gasteiger partial charge < -0.3 is 15.0 Å². The standard InChI is InChI=1S/C22H26FN7O2/c1-5-13-6-19(27-21(26-13)22(3,4)23)30-17-8-18(25-12(2)31)24-9-16(17)20(28-30)29-10-14-7-15(11-29)32-14/h6,8-9,14-15H,5,7,10-11H2,1-4H3,(H,24,25,31). The van der Waals surface area contributed by atoms with E-state index >= 15 is 0 Å². The lowest BCUT2D eigenvalue weighted by atomic mass is 9.99. The number of hydrogen-bond acceptors (Lipinski definition) is 7. The number of ether oxygens (including phenoxy) is 1. The van der Waals surface area contributed by atoms with E-state index in [1.165, 1.54) is 20.8 Å². The van der Waals surface area contributed by atoms with Gasteiger partial charge in [0.1, 0.15) is 5.82 Å². The number of hydrogen-bond donors (Lipinski definition) is 1. The van der Waals surface area contributed by atoms with Crippen LogP contribution in [-0.4, -0.2) is 55.9 Å². The van der Waals surface area contributed by atoms with Crippen molar-refractivity contribution in [1.82, 2.24) is 24.7 Å². The fourth-order valence-electron chi connectivity index (χ4n) is 4.22. The highest BCUT2D eigenvalue weighted by Crippen LogP contribution is 2.35. The van der Waals surface area contributed by atoms with E-state index in [4.69, 9.17) is 9.84 Å². The Morgan fingerprint density at radius 3 is 2.62 bits per heavy atom. The lowest BCUT2D eigenvalue weighted by Crippen LogP contribution is -2.57. The molecule has 2 atom stereocenters. The van der Waals surface area contributed by atoms with Crippen LogP contribution in [-0.2, 0) is 21.6 Å². The van der Waals surface area contributed by atoms with E-state index in [0.29, 0.717) is 18.1 Å². The van der Waals surface area contributed by atoms with Gasteiger partial charge in [0.05, 0.1) is 23.1 Å². The molecule has 3 fully saturated rings. The number of carbonyl (C=O) groups excluding carboxylic acids is 1. The fourth-order valence-corrected chi connectivity index (χ4v) is 4.22. The molecule has 10 heteroatoms. The molecule has 0 radical (unpaired) electrons. The van der Waals surface area contributed by atoms with E-state index in [-0.39, 0.29) is 23.9 Å². The van der Waals surface area contributed by atoms with Crippen LogP contribution in [0.3, 0.4) is 0 Å². The Morgan fingerprint density at radius 2 is 2.00 bits per heavy atom. The number of aromatic nitrogens is 5. The molecule has 1 N–H and O–H groups in total. The summed E-state index contributed by atoms with van der Waals surface area (Å²) in [5.41, 5.74) is -0.243. The summed E-state index contributed by atoms with van der Waals surface area (Å²) in [5.74, 6) is 1.57. The summed E-state index contributed by atoms with van der Waals surface area (Å²) in [6.45, 7) is 7.79. The normalized spacial score (nSPS) is 20.3. The van der Waals surface area contributed by atoms with Gasteiger partial charge in [-0.15, -0.1) is 5.10 Å². The summed E-state index contributed by atoms with van der Waals surface area (Å²) >= 11 is 0. The molecule has 3 aromatic heterocycles. The molecule has 2 bridgehead atoms. The third kappa shape index (κ3) is 3.68. The molecule has 0 spiro atoms. The average Bonchev–Trinajstić information content (AvgIpc) is 3.11. The van der Waals surface area contributed by atoms with E-state index in [2.05, 4.69) is 25.2 Å². The maximum absolute atomic E-state index is 14.8. The van der Waals surface area contributed by atoms with Crippen LogP contribution in [0.25, 0.3) is 16.7 Å². The van der Waals surface area contributed by atoms with Crippen molar-refractivity contribution >= 4 is 28.4 Å². The highest BCUT2D eigenvalue weighted by molar-refractivity contribution is 5.95. The number of aryl methyl sites for hydroxylation is 1. The Kier molecular flexibility index (Phi) is 4.85. The lowest BCUT2D eigenvalue weighted by Gasteiger charge is -2.47. The van der Waals surface area contributed by atoms with E-state index < -0.39 is 5.67 Å². The van der Waals surface area contributed by atoms with Crippen molar-refractivity contribution in [2.24, 2.45) is 0 Å². The summed E-state index contributed by atoms with van der Waals surface area (Å²) in [5, 5.41) is 8.43. The Labute approximate surface area is 185 Å². The molecule has 9 nitrogen and oxygen atoms in total. The maximum Gasteiger partial charge on any atom is 0.222 e. The average molecular weight is 439 g/mol. The fraction of sp³-hybridized carbons (Fsp3) is 0.500. The van der Waals surface area contributed by atoms with Crippen molar-refractivity contribution in [3.05, 3.63) is 29.8 Å². The van der Waals surface area contributed by atoms with E-state index in [0.717, 1.165) is 41.9 Å². The Hall–Kier alpha value is -3.14. The summed E-state index contributed by atoms with van der Waals surface area (Å²) in [6.07, 6.45) is 3.84. The van der Waals surface area contributed by atoms with Crippen LogP contribution in [0.15, 0.2) is 18.3 Å². The molecule has 32 heavy (non-hydrogen) atoms. The van der Waals surface area contributed by atoms with Gasteiger partial charge in [-0.3, -0.25) is 4.79 Å². The van der Waals surface area contributed by atoms with Crippen LogP contribution >= 0.6 is 0 Å². The van der Waals surface area contributed by atoms with Gasteiger partial charge in [-0.05, 0) is 20.3 Å². The molecule has 3 aliphatic rings. The molecule has 2 unspecified atom stereocenters. The second-order valence-corrected chi connectivity index (χ2v) is 8.89. The smallest absolute Gasteiger partial charge is 0.222 e. The predicted molar refractivity (Wildman–Crippen MR) is 118 cm³/mol. The molecule has 168 valence electrons. The number of halogens is 1. The van der Waals surface area contributed by atoms with Crippen LogP contribution in [0.2, 0.25) is 0 Å². The van der Waals surface area contributed by atoms with Gasteiger partial charge in [0.2, 0.25) is 5.91 Å². The van der Waals surface area contributed by atoms with Crippen molar-refractivity contribution in [3.63, 3.8) is 0 Å². The second kappa shape index (κ2) is 7.47. The molecule has 0 saturated carbocycles. The largest absolute Gasteiger partial charge is 0.371 e. The quantitative estimate of drug-likeness (QED) is 0.653. The highest BCUT2D eigenvalue weighted by Gasteiger charge is 2.39. The molecular formula is C22H26FN7O2. The molecule has 1 amide bonds. The topological polar surface area (TPSA) is 98.1 Å². The first-order valence-corrected chi connectivity index (χ1v) is 10.9. The lowest BCUT2D eigenvalue weighted by molar-refractivity contribution is -0.133. The van der Waals surface area contributed by atoms with Gasteiger partial charge in [-0.1, -0.05) is 6.92 Å². The van der Waals surface area contributed by atoms with E-state index in [1.54, 1.807) is 16.9 Å². The van der Waals surface area contributed by atoms with Crippen LogP contribution in [0.4, 0.5) is 16.0 Å². The van der Waals surface area contributed by atoms with Crippen molar-refractivity contribution in [2.45, 2.75) is 58.4 Å². The number of nitrogens with one attached hydrogen (secondary N) is 1. The number of piperidine rings is 1. The summed E-state index contributed by atoms with van der Waals surface area (Å²) < 4.78 is 22.2. The number of alkyl halides is 1. The van der Waals surface area contributed by atoms with Crippen LogP contribution < -0.4 is 10.2 Å². The first-order chi connectivity index (χ1) is 15.2. The molecule has 0 aliphatic carbocycles. The third-order valence-corrected chi connectivity index (χ3v) is 5.78. The van der Waals surface area contributed by atoms with Gasteiger partial charge in [-0.2, -0.15) is 0 Å². The van der Waals surface area contributed by atoms with Crippen molar-refractivity contribution in [3.8, 4) is 5.82 Å². The van der Waals surface area contributed by atoms with Gasteiger partial charge in [0, 0.05) is 50.5 Å². The van der Waals surface area contributed by atoms with E-state index in [9.17, 15) is 9.18 Å². The van der Waals surface area contributed by atoms with E-state index in [1.807, 2.05) is 13.0 Å². The number of morpholine rings is 1. The zero-order valence-corrected chi connectivity index (χ0v) is 18.6. The molecule has 3 aromatic rings. The number of anilines is 2. The Bertz CT molecular complexity index is 1190. The van der Waals surface area contributed by atoms with Gasteiger partial charge >= 0.3 is 0 Å². The molecule has 0 aromatic carbocycles. The summed E-state index contributed by atoms with van der Waals surface area (Å²) in [6, 6.07) is 3.59. The first-order valence-electron chi connectivity index (χ1n) is 10.9. The minimum atomic E-state index is -1.69. The van der Waals surface area contributed by atoms with Crippen LogP contribution in [0.1, 0.15) is 45.6 Å². The van der Waals surface area contributed by atoms with Gasteiger partial charge in [-0.25, -0.2) is 24.0 Å². The Balaban J connectivity index is 1.68. The highest BCUT2D eigenvalue weighted by atomic mass is 19.1. The van der Waals surface area contributed by atoms with Gasteiger partial charge in [0.25, 0.3) is 0 Å². The number of fused-ring (bicyclic) bond motifs is 3. The molecule has 3 saturated heterocycles. The molecule has 6 heterocycles. The third-order valence-electron chi connectivity index (χ3n) is 5.78. The monoisotopic (exact) mass is 439 g/mol. The number of rotatable bonds is 5. The predicted octanol–water partition coefficient (Wildman–Crippen LogP) is 2.91. The first kappa shape index (κ1) is 20.7. The zero-order valence-electron chi connectivity index (χ0n) is 18.6. The SMILES string of the molecule is CCc1cc(-n2nc(N3CC4CC(C3)O4)c3cnc(NC(C)=O)cc32)nc(C(C)(C)F)n1. The molecule has 3 aliphatic heterocycles. The van der Waals surface area contributed by atoms with Crippen molar-refractivity contribution < 1.29 is 13.9 Å². The second-order valence-electron chi connectivity index (χ2n) is 8.89. The minimum absolute atomic E-state index is 0.112. The van der Waals surface area contributed by atoms with Crippen molar-refractivity contribution in [2.75, 3.05) is 23.3 Å². The van der Waals surface area contributed by atoms with Crippen LogP contribution in [0.5, 0.6) is 0 Å². The number of amides is 1. The maximum atomic E-state index is 14.8.